The lowest BCUT2D eigenvalue weighted by molar-refractivity contribution is -0.142. The first kappa shape index (κ1) is 12.9. The second-order valence-electron chi connectivity index (χ2n) is 5.83. The van der Waals surface area contributed by atoms with Crippen molar-refractivity contribution in [3.8, 4) is 0 Å². The van der Waals surface area contributed by atoms with E-state index in [0.717, 1.165) is 6.42 Å². The number of carbonyl (C=O) groups is 1. The van der Waals surface area contributed by atoms with Crippen LogP contribution in [0, 0.1) is 11.2 Å². The van der Waals surface area contributed by atoms with Crippen molar-refractivity contribution in [2.24, 2.45) is 5.41 Å². The molecule has 1 unspecified atom stereocenters. The highest BCUT2D eigenvalue weighted by Crippen LogP contribution is 2.45. The number of carboxylic acid groups (broad SMARTS) is 1. The molecule has 1 aromatic carbocycles. The van der Waals surface area contributed by atoms with Gasteiger partial charge in [-0.2, -0.15) is 0 Å². The molecule has 18 heavy (non-hydrogen) atoms. The fourth-order valence-electron chi connectivity index (χ4n) is 2.71. The van der Waals surface area contributed by atoms with Gasteiger partial charge in [-0.05, 0) is 36.8 Å². The lowest BCUT2D eigenvalue weighted by Gasteiger charge is -2.29. The zero-order valence-electron chi connectivity index (χ0n) is 10.7. The minimum absolute atomic E-state index is 0.0311. The number of hydrogen-bond donors (Lipinski definition) is 2. The Labute approximate surface area is 106 Å². The molecule has 1 fully saturated rings. The Morgan fingerprint density at radius 2 is 2.00 bits per heavy atom. The second-order valence-corrected chi connectivity index (χ2v) is 5.83. The lowest BCUT2D eigenvalue weighted by Crippen LogP contribution is -2.44. The number of rotatable bonds is 3. The van der Waals surface area contributed by atoms with Crippen LogP contribution in [0.3, 0.4) is 0 Å². The average Bonchev–Trinajstić information content (AvgIpc) is 2.59. The van der Waals surface area contributed by atoms with Crippen LogP contribution in [-0.4, -0.2) is 16.6 Å². The number of anilines is 1. The summed E-state index contributed by atoms with van der Waals surface area (Å²) in [6, 6.07) is 6.19. The Kier molecular flexibility index (Phi) is 3.05. The van der Waals surface area contributed by atoms with Gasteiger partial charge >= 0.3 is 5.97 Å². The molecular weight excluding hydrogens is 233 g/mol. The maximum absolute atomic E-state index is 13.6. The van der Waals surface area contributed by atoms with E-state index < -0.39 is 17.3 Å². The highest BCUT2D eigenvalue weighted by atomic mass is 19.1. The van der Waals surface area contributed by atoms with Crippen molar-refractivity contribution >= 4 is 11.7 Å². The van der Waals surface area contributed by atoms with Crippen LogP contribution >= 0.6 is 0 Å². The largest absolute Gasteiger partial charge is 0.480 e. The van der Waals surface area contributed by atoms with Gasteiger partial charge in [0.15, 0.2) is 0 Å². The third kappa shape index (κ3) is 2.33. The summed E-state index contributed by atoms with van der Waals surface area (Å²) in [7, 11) is 0. The van der Waals surface area contributed by atoms with Gasteiger partial charge in [0, 0.05) is 0 Å². The topological polar surface area (TPSA) is 49.3 Å². The van der Waals surface area contributed by atoms with Gasteiger partial charge in [-0.1, -0.05) is 26.0 Å². The van der Waals surface area contributed by atoms with E-state index in [0.29, 0.717) is 12.8 Å². The van der Waals surface area contributed by atoms with Gasteiger partial charge < -0.3 is 10.4 Å². The van der Waals surface area contributed by atoms with E-state index in [1.165, 1.54) is 6.07 Å². The molecule has 2 rings (SSSR count). The molecule has 1 aliphatic rings. The van der Waals surface area contributed by atoms with Crippen molar-refractivity contribution in [2.75, 3.05) is 5.32 Å². The Hall–Kier alpha value is -1.58. The zero-order chi connectivity index (χ0) is 13.4. The Morgan fingerprint density at radius 1 is 1.33 bits per heavy atom. The van der Waals surface area contributed by atoms with Crippen LogP contribution < -0.4 is 5.32 Å². The van der Waals surface area contributed by atoms with Gasteiger partial charge in [0.2, 0.25) is 0 Å². The van der Waals surface area contributed by atoms with E-state index in [-0.39, 0.29) is 11.1 Å². The van der Waals surface area contributed by atoms with Crippen molar-refractivity contribution in [1.29, 1.82) is 0 Å². The molecule has 0 aromatic heterocycles. The molecule has 0 saturated heterocycles. The molecule has 3 nitrogen and oxygen atoms in total. The molecule has 0 radical (unpaired) electrons. The van der Waals surface area contributed by atoms with Crippen LogP contribution in [0.1, 0.15) is 33.1 Å². The maximum Gasteiger partial charge on any atom is 0.329 e. The van der Waals surface area contributed by atoms with Crippen LogP contribution in [0.5, 0.6) is 0 Å². The molecule has 0 spiro atoms. The Bertz CT molecular complexity index is 473. The lowest BCUT2D eigenvalue weighted by atomic mass is 9.87. The average molecular weight is 251 g/mol. The molecule has 1 atom stereocenters. The number of halogens is 1. The Morgan fingerprint density at radius 3 is 2.50 bits per heavy atom. The summed E-state index contributed by atoms with van der Waals surface area (Å²) in [6.07, 6.45) is 1.84. The van der Waals surface area contributed by atoms with Crippen molar-refractivity contribution < 1.29 is 14.3 Å². The molecule has 1 aromatic rings. The number of benzene rings is 1. The quantitative estimate of drug-likeness (QED) is 0.866. The number of aliphatic carboxylic acids is 1. The fourth-order valence-corrected chi connectivity index (χ4v) is 2.71. The summed E-state index contributed by atoms with van der Waals surface area (Å²) >= 11 is 0. The minimum atomic E-state index is -1.05. The molecule has 0 aliphatic heterocycles. The predicted octanol–water partition coefficient (Wildman–Crippen LogP) is 3.27. The standard InChI is InChI=1S/C14H18FNO2/c1-13(2)7-8-14(9-13,12(17)18)16-11-6-4-3-5-10(11)15/h3-6,16H,7-9H2,1-2H3,(H,17,18). The molecule has 1 aliphatic carbocycles. The summed E-state index contributed by atoms with van der Waals surface area (Å²) in [5, 5.41) is 12.4. The molecule has 0 bridgehead atoms. The third-order valence-electron chi connectivity index (χ3n) is 3.67. The van der Waals surface area contributed by atoms with Gasteiger partial charge in [-0.3, -0.25) is 0 Å². The van der Waals surface area contributed by atoms with Gasteiger partial charge in [-0.25, -0.2) is 9.18 Å². The van der Waals surface area contributed by atoms with Gasteiger partial charge in [0.1, 0.15) is 11.4 Å². The summed E-state index contributed by atoms with van der Waals surface area (Å²) in [5.41, 5.74) is -0.819. The number of hydrogen-bond acceptors (Lipinski definition) is 2. The monoisotopic (exact) mass is 251 g/mol. The van der Waals surface area contributed by atoms with Gasteiger partial charge in [-0.15, -0.1) is 0 Å². The van der Waals surface area contributed by atoms with Gasteiger partial charge in [0.25, 0.3) is 0 Å². The smallest absolute Gasteiger partial charge is 0.329 e. The van der Waals surface area contributed by atoms with E-state index in [1.807, 2.05) is 13.8 Å². The van der Waals surface area contributed by atoms with Crippen LogP contribution in [0.25, 0.3) is 0 Å². The number of nitrogens with one attached hydrogen (secondary N) is 1. The van der Waals surface area contributed by atoms with Crippen LogP contribution in [0.4, 0.5) is 10.1 Å². The third-order valence-corrected chi connectivity index (χ3v) is 3.67. The fraction of sp³-hybridized carbons (Fsp3) is 0.500. The SMILES string of the molecule is CC1(C)CCC(Nc2ccccc2F)(C(=O)O)C1. The highest BCUT2D eigenvalue weighted by Gasteiger charge is 2.49. The van der Waals surface area contributed by atoms with E-state index in [2.05, 4.69) is 5.32 Å². The number of para-hydroxylation sites is 1. The van der Waals surface area contributed by atoms with Crippen LogP contribution in [0.15, 0.2) is 24.3 Å². The molecular formula is C14H18FNO2. The first-order chi connectivity index (χ1) is 8.35. The maximum atomic E-state index is 13.6. The summed E-state index contributed by atoms with van der Waals surface area (Å²) in [5.74, 6) is -1.32. The van der Waals surface area contributed by atoms with Crippen molar-refractivity contribution in [3.63, 3.8) is 0 Å². The van der Waals surface area contributed by atoms with Crippen molar-refractivity contribution in [3.05, 3.63) is 30.1 Å². The summed E-state index contributed by atoms with van der Waals surface area (Å²) in [4.78, 5) is 11.5. The van der Waals surface area contributed by atoms with E-state index in [4.69, 9.17) is 0 Å². The number of carboxylic acids is 1. The first-order valence-electron chi connectivity index (χ1n) is 6.11. The first-order valence-corrected chi connectivity index (χ1v) is 6.11. The molecule has 4 heteroatoms. The van der Waals surface area contributed by atoms with E-state index in [9.17, 15) is 14.3 Å². The molecule has 98 valence electrons. The zero-order valence-corrected chi connectivity index (χ0v) is 10.7. The Balaban J connectivity index is 2.29. The van der Waals surface area contributed by atoms with Crippen LogP contribution in [-0.2, 0) is 4.79 Å². The van der Waals surface area contributed by atoms with Crippen molar-refractivity contribution in [1.82, 2.24) is 0 Å². The molecule has 0 amide bonds. The van der Waals surface area contributed by atoms with E-state index >= 15 is 0 Å². The summed E-state index contributed by atoms with van der Waals surface area (Å²) < 4.78 is 13.6. The predicted molar refractivity (Wildman–Crippen MR) is 68.0 cm³/mol. The second kappa shape index (κ2) is 4.26. The summed E-state index contributed by atoms with van der Waals surface area (Å²) in [6.45, 7) is 4.08. The minimum Gasteiger partial charge on any atom is -0.480 e. The van der Waals surface area contributed by atoms with Crippen LogP contribution in [0.2, 0.25) is 0 Å². The molecule has 1 saturated carbocycles. The highest BCUT2D eigenvalue weighted by molar-refractivity contribution is 5.83. The van der Waals surface area contributed by atoms with Crippen molar-refractivity contribution in [2.45, 2.75) is 38.6 Å². The normalized spacial score (nSPS) is 25.9. The van der Waals surface area contributed by atoms with E-state index in [1.54, 1.807) is 18.2 Å². The van der Waals surface area contributed by atoms with Gasteiger partial charge in [0.05, 0.1) is 5.69 Å². The molecule has 2 N–H and O–H groups in total. The molecule has 0 heterocycles.